The van der Waals surface area contributed by atoms with Crippen LogP contribution in [0.25, 0.3) is 5.52 Å². The number of hydrogen-bond acceptors (Lipinski definition) is 2. The fourth-order valence-electron chi connectivity index (χ4n) is 2.15. The number of pyridine rings is 1. The Balaban J connectivity index is 1.63. The van der Waals surface area contributed by atoms with Gasteiger partial charge in [-0.3, -0.25) is 4.79 Å². The summed E-state index contributed by atoms with van der Waals surface area (Å²) in [6.45, 7) is 0.369. The molecule has 3 rings (SSSR count). The van der Waals surface area contributed by atoms with Crippen molar-refractivity contribution in [2.45, 2.75) is 6.42 Å². The molecule has 5 heteroatoms. The maximum atomic E-state index is 13.4. The molecule has 0 radical (unpaired) electrons. The monoisotopic (exact) mass is 283 g/mol. The molecule has 0 fully saturated rings. The molecule has 0 unspecified atom stereocenters. The average molecular weight is 283 g/mol. The van der Waals surface area contributed by atoms with Gasteiger partial charge in [0.25, 0.3) is 5.91 Å². The highest BCUT2D eigenvalue weighted by molar-refractivity contribution is 5.93. The predicted molar refractivity (Wildman–Crippen MR) is 77.6 cm³/mol. The van der Waals surface area contributed by atoms with Gasteiger partial charge in [0.2, 0.25) is 0 Å². The van der Waals surface area contributed by atoms with Gasteiger partial charge in [-0.2, -0.15) is 5.10 Å². The van der Waals surface area contributed by atoms with Crippen molar-refractivity contribution in [3.8, 4) is 0 Å². The lowest BCUT2D eigenvalue weighted by molar-refractivity contribution is 0.0948. The van der Waals surface area contributed by atoms with Crippen LogP contribution in [0.5, 0.6) is 0 Å². The van der Waals surface area contributed by atoms with Gasteiger partial charge in [0, 0.05) is 12.7 Å². The van der Waals surface area contributed by atoms with Crippen LogP contribution in [0.1, 0.15) is 16.1 Å². The van der Waals surface area contributed by atoms with Crippen LogP contribution >= 0.6 is 0 Å². The molecule has 0 spiro atoms. The lowest BCUT2D eigenvalue weighted by Crippen LogP contribution is -2.26. The Morgan fingerprint density at radius 2 is 2.00 bits per heavy atom. The third-order valence-electron chi connectivity index (χ3n) is 3.24. The summed E-state index contributed by atoms with van der Waals surface area (Å²) in [6.07, 6.45) is 2.23. The number of halogens is 1. The molecule has 106 valence electrons. The molecule has 0 aliphatic carbocycles. The van der Waals surface area contributed by atoms with Crippen LogP contribution in [0, 0.1) is 5.82 Å². The molecule has 0 aliphatic rings. The van der Waals surface area contributed by atoms with Gasteiger partial charge < -0.3 is 5.32 Å². The third kappa shape index (κ3) is 2.91. The number of hydrogen-bond donors (Lipinski definition) is 1. The van der Waals surface area contributed by atoms with Gasteiger partial charge in [-0.15, -0.1) is 0 Å². The number of carbonyl (C=O) groups is 1. The fourth-order valence-corrected chi connectivity index (χ4v) is 2.15. The van der Waals surface area contributed by atoms with E-state index in [2.05, 4.69) is 10.4 Å². The normalized spacial score (nSPS) is 10.7. The molecule has 21 heavy (non-hydrogen) atoms. The first-order valence-corrected chi connectivity index (χ1v) is 6.70. The minimum atomic E-state index is -0.255. The van der Waals surface area contributed by atoms with Gasteiger partial charge in [0.1, 0.15) is 5.82 Å². The molecule has 2 heterocycles. The smallest absolute Gasteiger partial charge is 0.271 e. The second-order valence-corrected chi connectivity index (χ2v) is 4.70. The second-order valence-electron chi connectivity index (χ2n) is 4.70. The molecule has 2 aromatic heterocycles. The molecule has 1 aromatic carbocycles. The van der Waals surface area contributed by atoms with Gasteiger partial charge in [-0.25, -0.2) is 8.91 Å². The zero-order chi connectivity index (χ0) is 14.7. The molecule has 0 atom stereocenters. The Bertz CT molecular complexity index is 749. The molecule has 1 amide bonds. The van der Waals surface area contributed by atoms with Crippen molar-refractivity contribution in [2.24, 2.45) is 0 Å². The summed E-state index contributed by atoms with van der Waals surface area (Å²) in [5, 5.41) is 6.94. The average Bonchev–Trinajstić information content (AvgIpc) is 2.93. The van der Waals surface area contributed by atoms with E-state index in [1.54, 1.807) is 35.0 Å². The second kappa shape index (κ2) is 5.75. The Labute approximate surface area is 121 Å². The molecule has 0 aliphatic heterocycles. The SMILES string of the molecule is O=C(NCCc1ccccc1F)c1cc2ccccn2n1. The van der Waals surface area contributed by atoms with Crippen molar-refractivity contribution >= 4 is 11.4 Å². The Kier molecular flexibility index (Phi) is 3.64. The molecule has 4 nitrogen and oxygen atoms in total. The number of nitrogens with zero attached hydrogens (tertiary/aromatic N) is 2. The van der Waals surface area contributed by atoms with Crippen LogP contribution in [0.4, 0.5) is 4.39 Å². The number of fused-ring (bicyclic) bond motifs is 1. The standard InChI is InChI=1S/C16H14FN3O/c17-14-7-2-1-5-12(14)8-9-18-16(21)15-11-13-6-3-4-10-20(13)19-15/h1-7,10-11H,8-9H2,(H,18,21). The Morgan fingerprint density at radius 1 is 1.19 bits per heavy atom. The van der Waals surface area contributed by atoms with E-state index < -0.39 is 0 Å². The maximum absolute atomic E-state index is 13.4. The van der Waals surface area contributed by atoms with Gasteiger partial charge in [0.05, 0.1) is 5.52 Å². The van der Waals surface area contributed by atoms with E-state index in [1.807, 2.05) is 18.2 Å². The van der Waals surface area contributed by atoms with Crippen molar-refractivity contribution in [3.63, 3.8) is 0 Å². The largest absolute Gasteiger partial charge is 0.350 e. The van der Waals surface area contributed by atoms with E-state index in [0.29, 0.717) is 24.2 Å². The molecule has 1 N–H and O–H groups in total. The van der Waals surface area contributed by atoms with Gasteiger partial charge in [0.15, 0.2) is 5.69 Å². The third-order valence-corrected chi connectivity index (χ3v) is 3.24. The van der Waals surface area contributed by atoms with Crippen molar-refractivity contribution in [2.75, 3.05) is 6.54 Å². The minimum Gasteiger partial charge on any atom is -0.350 e. The molecule has 0 saturated carbocycles. The highest BCUT2D eigenvalue weighted by atomic mass is 19.1. The van der Waals surface area contributed by atoms with Crippen LogP contribution in [0.2, 0.25) is 0 Å². The maximum Gasteiger partial charge on any atom is 0.271 e. The van der Waals surface area contributed by atoms with Gasteiger partial charge >= 0.3 is 0 Å². The van der Waals surface area contributed by atoms with Crippen LogP contribution in [-0.4, -0.2) is 22.1 Å². The summed E-state index contributed by atoms with van der Waals surface area (Å²) >= 11 is 0. The van der Waals surface area contributed by atoms with E-state index in [4.69, 9.17) is 0 Å². The van der Waals surface area contributed by atoms with Crippen LogP contribution in [0.3, 0.4) is 0 Å². The summed E-state index contributed by atoms with van der Waals surface area (Å²) in [5.41, 5.74) is 1.80. The Morgan fingerprint density at radius 3 is 2.81 bits per heavy atom. The van der Waals surface area contributed by atoms with Crippen molar-refractivity contribution in [1.29, 1.82) is 0 Å². The molecule has 3 aromatic rings. The topological polar surface area (TPSA) is 46.4 Å². The lowest BCUT2D eigenvalue weighted by atomic mass is 10.1. The summed E-state index contributed by atoms with van der Waals surface area (Å²) in [6, 6.07) is 13.9. The molecular weight excluding hydrogens is 269 g/mol. The summed E-state index contributed by atoms with van der Waals surface area (Å²) in [4.78, 5) is 12.0. The lowest BCUT2D eigenvalue weighted by Gasteiger charge is -2.04. The first-order chi connectivity index (χ1) is 10.2. The number of carbonyl (C=O) groups excluding carboxylic acids is 1. The van der Waals surface area contributed by atoms with Crippen molar-refractivity contribution < 1.29 is 9.18 Å². The Hall–Kier alpha value is -2.69. The summed E-state index contributed by atoms with van der Waals surface area (Å²) in [7, 11) is 0. The highest BCUT2D eigenvalue weighted by Crippen LogP contribution is 2.07. The fraction of sp³-hybridized carbons (Fsp3) is 0.125. The highest BCUT2D eigenvalue weighted by Gasteiger charge is 2.10. The zero-order valence-electron chi connectivity index (χ0n) is 11.3. The molecule has 0 saturated heterocycles. The van der Waals surface area contributed by atoms with E-state index in [0.717, 1.165) is 5.52 Å². The number of rotatable bonds is 4. The number of nitrogens with one attached hydrogen (secondary N) is 1. The molecule has 0 bridgehead atoms. The van der Waals surface area contributed by atoms with E-state index in [9.17, 15) is 9.18 Å². The summed E-state index contributed by atoms with van der Waals surface area (Å²) in [5.74, 6) is -0.505. The number of amides is 1. The number of aromatic nitrogens is 2. The summed E-state index contributed by atoms with van der Waals surface area (Å²) < 4.78 is 15.1. The van der Waals surface area contributed by atoms with Crippen LogP contribution in [0.15, 0.2) is 54.7 Å². The first kappa shape index (κ1) is 13.3. The van der Waals surface area contributed by atoms with E-state index >= 15 is 0 Å². The molecular formula is C16H14FN3O. The predicted octanol–water partition coefficient (Wildman–Crippen LogP) is 2.45. The first-order valence-electron chi connectivity index (χ1n) is 6.70. The van der Waals surface area contributed by atoms with Gasteiger partial charge in [-0.05, 0) is 36.2 Å². The zero-order valence-corrected chi connectivity index (χ0v) is 11.3. The van der Waals surface area contributed by atoms with E-state index in [-0.39, 0.29) is 11.7 Å². The van der Waals surface area contributed by atoms with Crippen LogP contribution in [-0.2, 0) is 6.42 Å². The van der Waals surface area contributed by atoms with Crippen LogP contribution < -0.4 is 5.32 Å². The van der Waals surface area contributed by atoms with E-state index in [1.165, 1.54) is 6.07 Å². The number of benzene rings is 1. The van der Waals surface area contributed by atoms with Gasteiger partial charge in [-0.1, -0.05) is 24.3 Å². The minimum absolute atomic E-state index is 0.250. The quantitative estimate of drug-likeness (QED) is 0.799. The van der Waals surface area contributed by atoms with Crippen molar-refractivity contribution in [3.05, 3.63) is 71.8 Å². The van der Waals surface area contributed by atoms with Crippen molar-refractivity contribution in [1.82, 2.24) is 14.9 Å².